The van der Waals surface area contributed by atoms with E-state index in [0.717, 1.165) is 11.2 Å². The summed E-state index contributed by atoms with van der Waals surface area (Å²) in [5.74, 6) is 1.26. The lowest BCUT2D eigenvalue weighted by Gasteiger charge is -2.11. The molecule has 0 spiro atoms. The number of rotatable bonds is 10. The molecule has 0 fully saturated rings. The summed E-state index contributed by atoms with van der Waals surface area (Å²) in [6.45, 7) is 4.50. The van der Waals surface area contributed by atoms with Crippen LogP contribution in [0, 0.1) is 0 Å². The Morgan fingerprint density at radius 1 is 1.35 bits per heavy atom. The smallest absolute Gasteiger partial charge is 0.284 e. The Hall–Kier alpha value is -0.625. The maximum Gasteiger partial charge on any atom is 0.284 e. The van der Waals surface area contributed by atoms with Crippen LogP contribution in [0.5, 0.6) is 0 Å². The molecule has 20 heavy (non-hydrogen) atoms. The second-order valence-electron chi connectivity index (χ2n) is 3.85. The number of hydrogen-bond acceptors (Lipinski definition) is 5. The average Bonchev–Trinajstić information content (AvgIpc) is 2.45. The van der Waals surface area contributed by atoms with Crippen LogP contribution in [0.25, 0.3) is 0 Å². The maximum absolute atomic E-state index is 11.8. The quantitative estimate of drug-likeness (QED) is 0.246. The standard InChI is InChI=1S/C13H23BN3OS2/c1-3-5-7-11(6-4-2)14-17-13(18)12(16)10-20-19-9-8-15/h3-7,12H,8-10,15-16H2,1-2H3,(H,17,18)/b5-3-,6-4-,11-7+/t12-/m0/s1. The van der Waals surface area contributed by atoms with Crippen LogP contribution < -0.4 is 16.7 Å². The fourth-order valence-electron chi connectivity index (χ4n) is 1.12. The molecular formula is C13H23BN3OS2. The Bertz CT molecular complexity index is 360. The van der Waals surface area contributed by atoms with Gasteiger partial charge in [0.25, 0.3) is 7.41 Å². The van der Waals surface area contributed by atoms with Crippen LogP contribution in [-0.4, -0.2) is 37.4 Å². The van der Waals surface area contributed by atoms with Gasteiger partial charge in [-0.25, -0.2) is 0 Å². The van der Waals surface area contributed by atoms with E-state index in [1.165, 1.54) is 0 Å². The van der Waals surface area contributed by atoms with Gasteiger partial charge in [-0.3, -0.25) is 4.79 Å². The molecule has 4 nitrogen and oxygen atoms in total. The number of nitrogens with two attached hydrogens (primary N) is 2. The highest BCUT2D eigenvalue weighted by Crippen LogP contribution is 2.20. The summed E-state index contributed by atoms with van der Waals surface area (Å²) in [4.78, 5) is 11.8. The van der Waals surface area contributed by atoms with E-state index in [9.17, 15) is 4.79 Å². The van der Waals surface area contributed by atoms with Crippen molar-refractivity contribution in [2.45, 2.75) is 19.9 Å². The van der Waals surface area contributed by atoms with Gasteiger partial charge in [0.15, 0.2) is 0 Å². The van der Waals surface area contributed by atoms with Gasteiger partial charge in [-0.2, -0.15) is 0 Å². The lowest BCUT2D eigenvalue weighted by Crippen LogP contribution is -2.44. The second kappa shape index (κ2) is 13.4. The van der Waals surface area contributed by atoms with Crippen LogP contribution in [0.2, 0.25) is 0 Å². The Kier molecular flexibility index (Phi) is 12.9. The summed E-state index contributed by atoms with van der Waals surface area (Å²) in [5.41, 5.74) is 12.1. The molecular weight excluding hydrogens is 289 g/mol. The SMILES string of the molecule is C\C=C/C=C([B]NC(=O)[C@@H](N)CSSCCN)\C=C/C. The summed E-state index contributed by atoms with van der Waals surface area (Å²) in [5, 5.41) is 2.73. The summed E-state index contributed by atoms with van der Waals surface area (Å²) < 4.78 is 0. The topological polar surface area (TPSA) is 81.1 Å². The molecule has 0 rings (SSSR count). The van der Waals surface area contributed by atoms with Crippen LogP contribution in [-0.2, 0) is 4.79 Å². The highest BCUT2D eigenvalue weighted by molar-refractivity contribution is 8.76. The molecule has 0 aromatic heterocycles. The molecule has 1 amide bonds. The number of carbonyl (C=O) groups excluding carboxylic acids is 1. The van der Waals surface area contributed by atoms with Crippen LogP contribution in [0.1, 0.15) is 13.8 Å². The minimum Gasteiger partial charge on any atom is -0.397 e. The molecule has 0 saturated carbocycles. The van der Waals surface area contributed by atoms with Crippen molar-refractivity contribution in [2.24, 2.45) is 11.5 Å². The van der Waals surface area contributed by atoms with E-state index in [1.54, 1.807) is 29.0 Å². The van der Waals surface area contributed by atoms with E-state index >= 15 is 0 Å². The zero-order valence-corrected chi connectivity index (χ0v) is 13.7. The molecule has 0 aromatic rings. The Balaban J connectivity index is 4.11. The first kappa shape index (κ1) is 19.4. The first-order chi connectivity index (χ1) is 9.65. The average molecular weight is 312 g/mol. The van der Waals surface area contributed by atoms with Gasteiger partial charge in [0, 0.05) is 18.1 Å². The van der Waals surface area contributed by atoms with E-state index in [1.807, 2.05) is 44.2 Å². The molecule has 1 radical (unpaired) electrons. The van der Waals surface area contributed by atoms with Crippen molar-refractivity contribution < 1.29 is 4.79 Å². The third-order valence-corrected chi connectivity index (χ3v) is 4.56. The maximum atomic E-state index is 11.8. The van der Waals surface area contributed by atoms with E-state index in [-0.39, 0.29) is 5.91 Å². The van der Waals surface area contributed by atoms with Gasteiger partial charge in [-0.15, -0.1) is 0 Å². The summed E-state index contributed by atoms with van der Waals surface area (Å²) >= 11 is 0. The van der Waals surface area contributed by atoms with E-state index in [0.29, 0.717) is 12.3 Å². The first-order valence-electron chi connectivity index (χ1n) is 6.45. The summed E-state index contributed by atoms with van der Waals surface area (Å²) in [7, 11) is 4.87. The van der Waals surface area contributed by atoms with E-state index in [4.69, 9.17) is 11.5 Å². The fourth-order valence-corrected chi connectivity index (χ4v) is 3.10. The molecule has 0 unspecified atom stereocenters. The van der Waals surface area contributed by atoms with Crippen molar-refractivity contribution in [2.75, 3.05) is 18.1 Å². The van der Waals surface area contributed by atoms with Crippen LogP contribution in [0.4, 0.5) is 0 Å². The summed E-state index contributed by atoms with van der Waals surface area (Å²) in [6.07, 6.45) is 9.58. The van der Waals surface area contributed by atoms with Crippen molar-refractivity contribution in [3.8, 4) is 0 Å². The van der Waals surface area contributed by atoms with Crippen molar-refractivity contribution in [3.63, 3.8) is 0 Å². The summed E-state index contributed by atoms with van der Waals surface area (Å²) in [6, 6.07) is -0.518. The Morgan fingerprint density at radius 3 is 2.70 bits per heavy atom. The van der Waals surface area contributed by atoms with Gasteiger partial charge in [0.1, 0.15) is 0 Å². The van der Waals surface area contributed by atoms with Crippen LogP contribution in [0.3, 0.4) is 0 Å². The molecule has 7 heteroatoms. The lowest BCUT2D eigenvalue weighted by atomic mass is 9.81. The van der Waals surface area contributed by atoms with E-state index < -0.39 is 6.04 Å². The highest BCUT2D eigenvalue weighted by atomic mass is 33.1. The van der Waals surface area contributed by atoms with Crippen molar-refractivity contribution in [1.82, 2.24) is 5.23 Å². The first-order valence-corrected chi connectivity index (χ1v) is 8.93. The highest BCUT2D eigenvalue weighted by Gasteiger charge is 2.13. The predicted octanol–water partition coefficient (Wildman–Crippen LogP) is 1.43. The minimum absolute atomic E-state index is 0.179. The van der Waals surface area contributed by atoms with Gasteiger partial charge >= 0.3 is 0 Å². The molecule has 111 valence electrons. The van der Waals surface area contributed by atoms with Gasteiger partial charge in [-0.05, 0) is 13.8 Å². The van der Waals surface area contributed by atoms with Gasteiger partial charge in [-0.1, -0.05) is 57.4 Å². The van der Waals surface area contributed by atoms with Gasteiger partial charge in [0.2, 0.25) is 5.91 Å². The largest absolute Gasteiger partial charge is 0.397 e. The predicted molar refractivity (Wildman–Crippen MR) is 93.6 cm³/mol. The number of nitrogens with one attached hydrogen (secondary N) is 1. The second-order valence-corrected chi connectivity index (χ2v) is 6.47. The normalized spacial score (nSPS) is 13.9. The molecule has 5 N–H and O–H groups in total. The number of amides is 1. The number of allylic oxidation sites excluding steroid dienone is 6. The lowest BCUT2D eigenvalue weighted by molar-refractivity contribution is -0.120. The molecule has 0 aromatic carbocycles. The monoisotopic (exact) mass is 312 g/mol. The third-order valence-electron chi connectivity index (χ3n) is 2.09. The molecule has 0 bridgehead atoms. The van der Waals surface area contributed by atoms with Crippen molar-refractivity contribution >= 4 is 34.9 Å². The number of hydrogen-bond donors (Lipinski definition) is 3. The fraction of sp³-hybridized carbons (Fsp3) is 0.462. The third kappa shape index (κ3) is 10.2. The minimum atomic E-state index is -0.518. The van der Waals surface area contributed by atoms with Gasteiger partial charge < -0.3 is 16.7 Å². The molecule has 0 heterocycles. The Labute approximate surface area is 130 Å². The molecule has 0 aliphatic heterocycles. The molecule has 0 aliphatic rings. The zero-order valence-electron chi connectivity index (χ0n) is 12.0. The van der Waals surface area contributed by atoms with Crippen molar-refractivity contribution in [3.05, 3.63) is 35.9 Å². The molecule has 0 saturated heterocycles. The molecule has 0 aliphatic carbocycles. The molecule has 1 atom stereocenters. The number of carbonyl (C=O) groups is 1. The Morgan fingerprint density at radius 2 is 2.10 bits per heavy atom. The van der Waals surface area contributed by atoms with Gasteiger partial charge in [0.05, 0.1) is 6.04 Å². The van der Waals surface area contributed by atoms with Crippen molar-refractivity contribution in [1.29, 1.82) is 0 Å². The zero-order chi connectivity index (χ0) is 15.2. The van der Waals surface area contributed by atoms with E-state index in [2.05, 4.69) is 5.23 Å². The van der Waals surface area contributed by atoms with Crippen LogP contribution >= 0.6 is 21.6 Å². The van der Waals surface area contributed by atoms with Crippen LogP contribution in [0.15, 0.2) is 35.9 Å².